The highest BCUT2D eigenvalue weighted by Gasteiger charge is 2.36. The summed E-state index contributed by atoms with van der Waals surface area (Å²) < 4.78 is 6.27. The largest absolute Gasteiger partial charge is 0.370 e. The SMILES string of the molecule is CCCOC1(c2ccccc2)CCN(CCCl)CC1. The van der Waals surface area contributed by atoms with Gasteiger partial charge in [-0.1, -0.05) is 37.3 Å². The number of alkyl halides is 1. The molecular formula is C16H24ClNO. The van der Waals surface area contributed by atoms with Gasteiger partial charge in [-0.15, -0.1) is 11.6 Å². The van der Waals surface area contributed by atoms with Crippen LogP contribution in [0.4, 0.5) is 0 Å². The van der Waals surface area contributed by atoms with Crippen LogP contribution in [-0.4, -0.2) is 37.0 Å². The van der Waals surface area contributed by atoms with Crippen LogP contribution in [0.25, 0.3) is 0 Å². The number of nitrogens with zero attached hydrogens (tertiary/aromatic N) is 1. The van der Waals surface area contributed by atoms with Gasteiger partial charge in [-0.2, -0.15) is 0 Å². The molecule has 0 spiro atoms. The highest BCUT2D eigenvalue weighted by molar-refractivity contribution is 6.18. The second-order valence-corrected chi connectivity index (χ2v) is 5.62. The van der Waals surface area contributed by atoms with Crippen molar-refractivity contribution in [2.75, 3.05) is 32.1 Å². The first kappa shape index (κ1) is 14.8. The second kappa shape index (κ2) is 7.28. The van der Waals surface area contributed by atoms with Gasteiger partial charge in [0.2, 0.25) is 0 Å². The summed E-state index contributed by atoms with van der Waals surface area (Å²) in [5.41, 5.74) is 1.24. The van der Waals surface area contributed by atoms with Gasteiger partial charge in [0.25, 0.3) is 0 Å². The summed E-state index contributed by atoms with van der Waals surface area (Å²) in [7, 11) is 0. The molecule has 0 radical (unpaired) electrons. The second-order valence-electron chi connectivity index (χ2n) is 5.24. The van der Waals surface area contributed by atoms with Gasteiger partial charge in [-0.3, -0.25) is 0 Å². The fourth-order valence-electron chi connectivity index (χ4n) is 2.81. The van der Waals surface area contributed by atoms with E-state index >= 15 is 0 Å². The lowest BCUT2D eigenvalue weighted by atomic mass is 9.84. The monoisotopic (exact) mass is 281 g/mol. The fourth-order valence-corrected chi connectivity index (χ4v) is 3.05. The molecule has 0 saturated carbocycles. The minimum atomic E-state index is -0.0833. The van der Waals surface area contributed by atoms with Crippen molar-refractivity contribution >= 4 is 11.6 Å². The predicted octanol–water partition coefficient (Wildman–Crippen LogP) is 3.64. The third-order valence-electron chi connectivity index (χ3n) is 3.95. The lowest BCUT2D eigenvalue weighted by molar-refractivity contribution is -0.0890. The van der Waals surface area contributed by atoms with Gasteiger partial charge in [0.15, 0.2) is 0 Å². The van der Waals surface area contributed by atoms with Gasteiger partial charge in [-0.05, 0) is 24.8 Å². The summed E-state index contributed by atoms with van der Waals surface area (Å²) in [5, 5.41) is 0. The molecule has 1 saturated heterocycles. The van der Waals surface area contributed by atoms with Crippen molar-refractivity contribution in [2.45, 2.75) is 31.8 Å². The van der Waals surface area contributed by atoms with Crippen LogP contribution in [0.1, 0.15) is 31.7 Å². The normalized spacial score (nSPS) is 19.5. The van der Waals surface area contributed by atoms with E-state index in [4.69, 9.17) is 16.3 Å². The number of likely N-dealkylation sites (tertiary alicyclic amines) is 1. The van der Waals surface area contributed by atoms with E-state index in [1.54, 1.807) is 0 Å². The van der Waals surface area contributed by atoms with Crippen LogP contribution in [0, 0.1) is 0 Å². The Kier molecular flexibility index (Phi) is 5.68. The highest BCUT2D eigenvalue weighted by Crippen LogP contribution is 2.36. The first-order valence-corrected chi connectivity index (χ1v) is 7.82. The number of benzene rings is 1. The van der Waals surface area contributed by atoms with Gasteiger partial charge < -0.3 is 9.64 Å². The molecule has 106 valence electrons. The number of piperidine rings is 1. The number of halogens is 1. The van der Waals surface area contributed by atoms with Crippen molar-refractivity contribution < 1.29 is 4.74 Å². The van der Waals surface area contributed by atoms with E-state index < -0.39 is 0 Å². The Morgan fingerprint density at radius 2 is 1.89 bits per heavy atom. The van der Waals surface area contributed by atoms with Crippen molar-refractivity contribution in [2.24, 2.45) is 0 Å². The molecule has 3 heteroatoms. The average Bonchev–Trinajstić information content (AvgIpc) is 2.48. The lowest BCUT2D eigenvalue weighted by Gasteiger charge is -2.42. The molecule has 0 N–H and O–H groups in total. The molecule has 1 aliphatic heterocycles. The molecule has 1 aromatic rings. The molecular weight excluding hydrogens is 258 g/mol. The van der Waals surface area contributed by atoms with Gasteiger partial charge in [0, 0.05) is 32.1 Å². The Bertz CT molecular complexity index is 360. The molecule has 0 aromatic heterocycles. The van der Waals surface area contributed by atoms with Crippen LogP contribution in [-0.2, 0) is 10.3 Å². The molecule has 0 aliphatic carbocycles. The van der Waals surface area contributed by atoms with Gasteiger partial charge in [0.1, 0.15) is 0 Å². The Balaban J connectivity index is 2.09. The van der Waals surface area contributed by atoms with Crippen LogP contribution >= 0.6 is 11.6 Å². The fraction of sp³-hybridized carbons (Fsp3) is 0.625. The number of ether oxygens (including phenoxy) is 1. The maximum atomic E-state index is 6.27. The topological polar surface area (TPSA) is 12.5 Å². The van der Waals surface area contributed by atoms with Crippen molar-refractivity contribution in [1.82, 2.24) is 4.90 Å². The number of hydrogen-bond donors (Lipinski definition) is 0. The predicted molar refractivity (Wildman–Crippen MR) is 80.8 cm³/mol. The zero-order chi connectivity index (χ0) is 13.6. The van der Waals surface area contributed by atoms with Crippen LogP contribution < -0.4 is 0 Å². The maximum Gasteiger partial charge on any atom is 0.0955 e. The third-order valence-corrected chi connectivity index (χ3v) is 4.12. The van der Waals surface area contributed by atoms with Gasteiger partial charge >= 0.3 is 0 Å². The van der Waals surface area contributed by atoms with Crippen molar-refractivity contribution in [3.8, 4) is 0 Å². The highest BCUT2D eigenvalue weighted by atomic mass is 35.5. The summed E-state index contributed by atoms with van der Waals surface area (Å²) in [4.78, 5) is 2.43. The Hall–Kier alpha value is -0.570. The van der Waals surface area contributed by atoms with Crippen molar-refractivity contribution in [1.29, 1.82) is 0 Å². The third kappa shape index (κ3) is 3.71. The number of rotatable bonds is 6. The van der Waals surface area contributed by atoms with E-state index in [9.17, 15) is 0 Å². The standard InChI is InChI=1S/C16H24ClNO/c1-2-14-19-16(15-6-4-3-5-7-15)8-11-18(12-9-16)13-10-17/h3-7H,2,8-14H2,1H3. The van der Waals surface area contributed by atoms with E-state index in [1.165, 1.54) is 5.56 Å². The van der Waals surface area contributed by atoms with E-state index in [-0.39, 0.29) is 5.60 Å². The first-order chi connectivity index (χ1) is 9.30. The zero-order valence-corrected chi connectivity index (χ0v) is 12.5. The van der Waals surface area contributed by atoms with E-state index in [0.29, 0.717) is 5.88 Å². The molecule has 2 rings (SSSR count). The van der Waals surface area contributed by atoms with Crippen LogP contribution in [0.15, 0.2) is 30.3 Å². The van der Waals surface area contributed by atoms with Gasteiger partial charge in [-0.25, -0.2) is 0 Å². The molecule has 1 fully saturated rings. The lowest BCUT2D eigenvalue weighted by Crippen LogP contribution is -2.45. The molecule has 1 aliphatic rings. The quantitative estimate of drug-likeness (QED) is 0.738. The minimum Gasteiger partial charge on any atom is -0.370 e. The molecule has 0 atom stereocenters. The molecule has 1 heterocycles. The molecule has 1 aromatic carbocycles. The van der Waals surface area contributed by atoms with E-state index in [2.05, 4.69) is 42.2 Å². The first-order valence-electron chi connectivity index (χ1n) is 7.28. The molecule has 0 amide bonds. The van der Waals surface area contributed by atoms with E-state index in [1.807, 2.05) is 0 Å². The Morgan fingerprint density at radius 3 is 2.47 bits per heavy atom. The summed E-state index contributed by atoms with van der Waals surface area (Å²) >= 11 is 5.83. The Morgan fingerprint density at radius 1 is 1.21 bits per heavy atom. The van der Waals surface area contributed by atoms with Crippen molar-refractivity contribution in [3.05, 3.63) is 35.9 Å². The molecule has 2 nitrogen and oxygen atoms in total. The van der Waals surface area contributed by atoms with E-state index in [0.717, 1.165) is 45.5 Å². The van der Waals surface area contributed by atoms with Crippen molar-refractivity contribution in [3.63, 3.8) is 0 Å². The van der Waals surface area contributed by atoms with Crippen LogP contribution in [0.2, 0.25) is 0 Å². The molecule has 0 bridgehead atoms. The molecule has 19 heavy (non-hydrogen) atoms. The molecule has 0 unspecified atom stereocenters. The van der Waals surface area contributed by atoms with Crippen LogP contribution in [0.3, 0.4) is 0 Å². The zero-order valence-electron chi connectivity index (χ0n) is 11.8. The summed E-state index contributed by atoms with van der Waals surface area (Å²) in [6.07, 6.45) is 3.20. The average molecular weight is 282 g/mol. The Labute approximate surface area is 121 Å². The smallest absolute Gasteiger partial charge is 0.0955 e. The minimum absolute atomic E-state index is 0.0833. The summed E-state index contributed by atoms with van der Waals surface area (Å²) in [6.45, 7) is 6.14. The van der Waals surface area contributed by atoms with Gasteiger partial charge in [0.05, 0.1) is 5.60 Å². The van der Waals surface area contributed by atoms with Crippen LogP contribution in [0.5, 0.6) is 0 Å². The number of hydrogen-bond acceptors (Lipinski definition) is 2. The maximum absolute atomic E-state index is 6.27. The summed E-state index contributed by atoms with van der Waals surface area (Å²) in [6, 6.07) is 10.7. The summed E-state index contributed by atoms with van der Waals surface area (Å²) in [5.74, 6) is 0.716.